The third-order valence-electron chi connectivity index (χ3n) is 3.86. The van der Waals surface area contributed by atoms with Gasteiger partial charge in [0.1, 0.15) is 11.0 Å². The molecule has 1 saturated carbocycles. The van der Waals surface area contributed by atoms with Crippen molar-refractivity contribution < 1.29 is 17.5 Å². The molecule has 0 spiro atoms. The Hall–Kier alpha value is -2.07. The molecule has 3 heterocycles. The van der Waals surface area contributed by atoms with E-state index in [0.717, 1.165) is 18.4 Å². The quantitative estimate of drug-likeness (QED) is 0.654. The van der Waals surface area contributed by atoms with Crippen LogP contribution in [-0.4, -0.2) is 28.7 Å². The first kappa shape index (κ1) is 15.5. The third-order valence-corrected chi connectivity index (χ3v) is 6.47. The van der Waals surface area contributed by atoms with Crippen LogP contribution in [0, 0.1) is 0 Å². The number of hydrogen-bond acceptors (Lipinski definition) is 9. The van der Waals surface area contributed by atoms with Crippen LogP contribution in [0.4, 0.5) is 0 Å². The van der Waals surface area contributed by atoms with E-state index in [2.05, 4.69) is 20.3 Å². The van der Waals surface area contributed by atoms with Crippen LogP contribution in [0.15, 0.2) is 25.9 Å². The highest BCUT2D eigenvalue weighted by atomic mass is 32.2. The summed E-state index contributed by atoms with van der Waals surface area (Å²) >= 11 is 1.50. The van der Waals surface area contributed by atoms with E-state index in [4.69, 9.17) is 9.05 Å². The second-order valence-electron chi connectivity index (χ2n) is 5.74. The fraction of sp³-hybridized carbons (Fsp3) is 0.429. The zero-order valence-corrected chi connectivity index (χ0v) is 14.4. The van der Waals surface area contributed by atoms with Gasteiger partial charge in [-0.15, -0.1) is 0 Å². The van der Waals surface area contributed by atoms with Gasteiger partial charge < -0.3 is 9.05 Å². The second-order valence-corrected chi connectivity index (χ2v) is 8.84. The van der Waals surface area contributed by atoms with E-state index in [1.807, 2.05) is 16.8 Å². The molecule has 126 valence electrons. The molecule has 1 atom stereocenters. The van der Waals surface area contributed by atoms with Crippen molar-refractivity contribution in [3.05, 3.63) is 34.4 Å². The molecule has 0 saturated heterocycles. The Morgan fingerprint density at radius 2 is 2.12 bits per heavy atom. The zero-order chi connectivity index (χ0) is 16.7. The van der Waals surface area contributed by atoms with E-state index in [1.54, 1.807) is 0 Å². The van der Waals surface area contributed by atoms with Gasteiger partial charge in [-0.25, -0.2) is 8.42 Å². The minimum Gasteiger partial charge on any atom is -0.338 e. The lowest BCUT2D eigenvalue weighted by Gasteiger charge is -2.05. The van der Waals surface area contributed by atoms with E-state index in [9.17, 15) is 8.42 Å². The van der Waals surface area contributed by atoms with Crippen molar-refractivity contribution in [3.63, 3.8) is 0 Å². The Morgan fingerprint density at radius 1 is 1.29 bits per heavy atom. The molecule has 1 aliphatic rings. The molecule has 4 rings (SSSR count). The molecule has 0 aliphatic heterocycles. The molecule has 24 heavy (non-hydrogen) atoms. The van der Waals surface area contributed by atoms with Crippen molar-refractivity contribution in [2.75, 3.05) is 0 Å². The maximum Gasteiger partial charge on any atom is 0.244 e. The van der Waals surface area contributed by atoms with Gasteiger partial charge in [0, 0.05) is 16.9 Å². The predicted octanol–water partition coefficient (Wildman–Crippen LogP) is 2.73. The standard InChI is InChI=1S/C14H14N4O4S2/c1-8(14-16-12(18-22-14)9-2-3-9)24(19,20)7-11-15-13(17-21-11)10-4-5-23-6-10/h4-6,8-9H,2-3,7H2,1H3/t8-/m1/s1. The average Bonchev–Trinajstić information content (AvgIpc) is 3.01. The van der Waals surface area contributed by atoms with Crippen molar-refractivity contribution in [1.29, 1.82) is 0 Å². The van der Waals surface area contributed by atoms with E-state index in [1.165, 1.54) is 18.3 Å². The number of aromatic nitrogens is 4. The molecule has 8 nitrogen and oxygen atoms in total. The maximum absolute atomic E-state index is 12.5. The van der Waals surface area contributed by atoms with E-state index in [0.29, 0.717) is 17.6 Å². The van der Waals surface area contributed by atoms with Crippen LogP contribution < -0.4 is 0 Å². The number of sulfone groups is 1. The van der Waals surface area contributed by atoms with Crippen molar-refractivity contribution in [2.45, 2.75) is 36.7 Å². The Labute approximate surface area is 141 Å². The lowest BCUT2D eigenvalue weighted by atomic mass is 10.3. The van der Waals surface area contributed by atoms with Gasteiger partial charge >= 0.3 is 0 Å². The molecule has 0 N–H and O–H groups in total. The summed E-state index contributed by atoms with van der Waals surface area (Å²) in [6, 6.07) is 1.84. The zero-order valence-electron chi connectivity index (χ0n) is 12.7. The summed E-state index contributed by atoms with van der Waals surface area (Å²) in [4.78, 5) is 8.34. The normalized spacial score (nSPS) is 16.4. The molecule has 0 amide bonds. The van der Waals surface area contributed by atoms with Crippen molar-refractivity contribution in [3.8, 4) is 11.4 Å². The largest absolute Gasteiger partial charge is 0.338 e. The molecule has 0 radical (unpaired) electrons. The average molecular weight is 366 g/mol. The summed E-state index contributed by atoms with van der Waals surface area (Å²) in [5.74, 6) is 1.06. The van der Waals surface area contributed by atoms with Gasteiger partial charge in [-0.3, -0.25) is 0 Å². The van der Waals surface area contributed by atoms with Crippen LogP contribution >= 0.6 is 11.3 Å². The number of rotatable bonds is 6. The van der Waals surface area contributed by atoms with Crippen LogP contribution in [0.25, 0.3) is 11.4 Å². The first-order valence-electron chi connectivity index (χ1n) is 7.43. The van der Waals surface area contributed by atoms with Crippen LogP contribution in [0.3, 0.4) is 0 Å². The number of nitrogens with zero attached hydrogens (tertiary/aromatic N) is 4. The van der Waals surface area contributed by atoms with E-state index < -0.39 is 15.1 Å². The van der Waals surface area contributed by atoms with Crippen LogP contribution in [-0.2, 0) is 15.6 Å². The molecule has 1 aliphatic carbocycles. The van der Waals surface area contributed by atoms with E-state index >= 15 is 0 Å². The van der Waals surface area contributed by atoms with Crippen molar-refractivity contribution >= 4 is 21.2 Å². The maximum atomic E-state index is 12.5. The van der Waals surface area contributed by atoms with Crippen LogP contribution in [0.2, 0.25) is 0 Å². The molecule has 0 unspecified atom stereocenters. The monoisotopic (exact) mass is 366 g/mol. The van der Waals surface area contributed by atoms with Gasteiger partial charge in [-0.1, -0.05) is 10.3 Å². The molecule has 10 heteroatoms. The Morgan fingerprint density at radius 3 is 2.83 bits per heavy atom. The van der Waals surface area contributed by atoms with Gasteiger partial charge in [-0.2, -0.15) is 21.3 Å². The minimum atomic E-state index is -3.60. The highest BCUT2D eigenvalue weighted by Gasteiger charge is 2.34. The van der Waals surface area contributed by atoms with Gasteiger partial charge in [0.05, 0.1) is 0 Å². The lowest BCUT2D eigenvalue weighted by molar-refractivity contribution is 0.369. The third kappa shape index (κ3) is 2.98. The second kappa shape index (κ2) is 5.78. The van der Waals surface area contributed by atoms with Gasteiger partial charge in [0.2, 0.25) is 17.6 Å². The Kier molecular flexibility index (Phi) is 3.72. The minimum absolute atomic E-state index is 0.0463. The molecule has 1 fully saturated rings. The summed E-state index contributed by atoms with van der Waals surface area (Å²) in [6.07, 6.45) is 2.04. The summed E-state index contributed by atoms with van der Waals surface area (Å²) < 4.78 is 35.2. The highest BCUT2D eigenvalue weighted by molar-refractivity contribution is 7.90. The first-order chi connectivity index (χ1) is 11.5. The summed E-state index contributed by atoms with van der Waals surface area (Å²) in [6.45, 7) is 1.52. The lowest BCUT2D eigenvalue weighted by Crippen LogP contribution is -2.13. The predicted molar refractivity (Wildman–Crippen MR) is 84.9 cm³/mol. The molecule has 0 bridgehead atoms. The fourth-order valence-corrected chi connectivity index (χ4v) is 3.94. The molecule has 0 aromatic carbocycles. The molecule has 3 aromatic heterocycles. The van der Waals surface area contributed by atoms with Crippen molar-refractivity contribution in [1.82, 2.24) is 20.3 Å². The Balaban J connectivity index is 1.51. The van der Waals surface area contributed by atoms with Crippen LogP contribution in [0.5, 0.6) is 0 Å². The molecular weight excluding hydrogens is 352 g/mol. The summed E-state index contributed by atoms with van der Waals surface area (Å²) in [5, 5.41) is 10.5. The molecule has 3 aromatic rings. The van der Waals surface area contributed by atoms with Gasteiger partial charge in [0.15, 0.2) is 15.7 Å². The number of thiophene rings is 1. The topological polar surface area (TPSA) is 112 Å². The van der Waals surface area contributed by atoms with Gasteiger partial charge in [0.25, 0.3) is 0 Å². The number of hydrogen-bond donors (Lipinski definition) is 0. The fourth-order valence-electron chi connectivity index (χ4n) is 2.19. The van der Waals surface area contributed by atoms with Gasteiger partial charge in [-0.05, 0) is 31.2 Å². The Bertz CT molecular complexity index is 941. The smallest absolute Gasteiger partial charge is 0.244 e. The summed E-state index contributed by atoms with van der Waals surface area (Å²) in [5.41, 5.74) is 0.798. The SMILES string of the molecule is C[C@H](c1nc(C2CC2)no1)S(=O)(=O)Cc1nc(-c2ccsc2)no1. The first-order valence-corrected chi connectivity index (χ1v) is 10.1. The summed E-state index contributed by atoms with van der Waals surface area (Å²) in [7, 11) is -3.60. The molecular formula is C14H14N4O4S2. The van der Waals surface area contributed by atoms with Crippen LogP contribution in [0.1, 0.15) is 48.5 Å². The highest BCUT2D eigenvalue weighted by Crippen LogP contribution is 2.39. The van der Waals surface area contributed by atoms with E-state index in [-0.39, 0.29) is 17.5 Å². The van der Waals surface area contributed by atoms with Crippen molar-refractivity contribution in [2.24, 2.45) is 0 Å².